The molecule has 0 spiro atoms. The second-order valence-corrected chi connectivity index (χ2v) is 7.44. The summed E-state index contributed by atoms with van der Waals surface area (Å²) in [6.07, 6.45) is 0. The predicted octanol–water partition coefficient (Wildman–Crippen LogP) is 0.558. The number of nitrogens with zero attached hydrogens (tertiary/aromatic N) is 4. The number of rotatable bonds is 5. The van der Waals surface area contributed by atoms with Crippen molar-refractivity contribution in [1.82, 2.24) is 19.2 Å². The van der Waals surface area contributed by atoms with Gasteiger partial charge in [0, 0.05) is 38.1 Å². The Labute approximate surface area is 125 Å². The van der Waals surface area contributed by atoms with Crippen LogP contribution in [0.2, 0.25) is 0 Å². The van der Waals surface area contributed by atoms with Crippen molar-refractivity contribution in [1.29, 1.82) is 0 Å². The van der Waals surface area contributed by atoms with E-state index in [1.165, 1.54) is 4.31 Å². The van der Waals surface area contributed by atoms with Crippen LogP contribution in [0.3, 0.4) is 0 Å². The standard InChI is InChI=1S/C12H23N5O3S/c1-9(2)11-13-14-12(20-11)16-5-7-17(8-6-16)21(18,19)15-10(3)4/h9-10,15H,5-8H2,1-4H3. The molecule has 0 radical (unpaired) electrons. The third kappa shape index (κ3) is 3.92. The van der Waals surface area contributed by atoms with Crippen molar-refractivity contribution < 1.29 is 12.8 Å². The molecule has 0 bridgehead atoms. The molecule has 2 heterocycles. The molecule has 2 rings (SSSR count). The SMILES string of the molecule is CC(C)NS(=O)(=O)N1CCN(c2nnc(C(C)C)o2)CC1. The molecule has 120 valence electrons. The minimum Gasteiger partial charge on any atom is -0.408 e. The number of anilines is 1. The van der Waals surface area contributed by atoms with Gasteiger partial charge in [0.25, 0.3) is 10.2 Å². The number of piperazine rings is 1. The third-order valence-corrected chi connectivity index (χ3v) is 4.97. The van der Waals surface area contributed by atoms with Gasteiger partial charge in [0.05, 0.1) is 0 Å². The van der Waals surface area contributed by atoms with E-state index in [9.17, 15) is 8.42 Å². The Morgan fingerprint density at radius 2 is 1.71 bits per heavy atom. The van der Waals surface area contributed by atoms with Crippen LogP contribution in [0.1, 0.15) is 39.5 Å². The maximum atomic E-state index is 12.1. The molecular formula is C12H23N5O3S. The lowest BCUT2D eigenvalue weighted by molar-refractivity contribution is 0.360. The maximum Gasteiger partial charge on any atom is 0.318 e. The highest BCUT2D eigenvalue weighted by atomic mass is 32.2. The number of hydrogen-bond acceptors (Lipinski definition) is 6. The normalized spacial score (nSPS) is 17.9. The zero-order valence-electron chi connectivity index (χ0n) is 12.9. The molecule has 0 unspecified atom stereocenters. The van der Waals surface area contributed by atoms with Crippen molar-refractivity contribution in [3.8, 4) is 0 Å². The lowest BCUT2D eigenvalue weighted by Gasteiger charge is -2.33. The lowest BCUT2D eigenvalue weighted by Crippen LogP contribution is -2.53. The highest BCUT2D eigenvalue weighted by molar-refractivity contribution is 7.87. The van der Waals surface area contributed by atoms with Gasteiger partial charge in [-0.05, 0) is 13.8 Å². The fourth-order valence-corrected chi connectivity index (χ4v) is 3.47. The van der Waals surface area contributed by atoms with Crippen LogP contribution in [0.25, 0.3) is 0 Å². The van der Waals surface area contributed by atoms with E-state index in [4.69, 9.17) is 4.42 Å². The van der Waals surface area contributed by atoms with E-state index in [1.54, 1.807) is 13.8 Å². The van der Waals surface area contributed by atoms with Crippen LogP contribution in [0.5, 0.6) is 0 Å². The van der Waals surface area contributed by atoms with E-state index in [-0.39, 0.29) is 12.0 Å². The van der Waals surface area contributed by atoms with E-state index in [1.807, 2.05) is 18.7 Å². The van der Waals surface area contributed by atoms with Gasteiger partial charge in [0.1, 0.15) is 0 Å². The molecule has 0 saturated carbocycles. The number of aromatic nitrogens is 2. The second-order valence-electron chi connectivity index (χ2n) is 5.74. The lowest BCUT2D eigenvalue weighted by atomic mass is 10.2. The summed E-state index contributed by atoms with van der Waals surface area (Å²) < 4.78 is 33.8. The van der Waals surface area contributed by atoms with Crippen molar-refractivity contribution in [2.75, 3.05) is 31.1 Å². The Kier molecular flexibility index (Phi) is 4.84. The van der Waals surface area contributed by atoms with Gasteiger partial charge in [-0.1, -0.05) is 18.9 Å². The van der Waals surface area contributed by atoms with Crippen molar-refractivity contribution in [2.24, 2.45) is 0 Å². The largest absolute Gasteiger partial charge is 0.408 e. The predicted molar refractivity (Wildman–Crippen MR) is 79.4 cm³/mol. The van der Waals surface area contributed by atoms with Gasteiger partial charge >= 0.3 is 6.01 Å². The van der Waals surface area contributed by atoms with Gasteiger partial charge in [-0.25, -0.2) is 0 Å². The van der Waals surface area contributed by atoms with Gasteiger partial charge in [-0.2, -0.15) is 17.4 Å². The first-order valence-corrected chi connectivity index (χ1v) is 8.59. The molecule has 1 aliphatic rings. The van der Waals surface area contributed by atoms with Crippen molar-refractivity contribution >= 4 is 16.2 Å². The summed E-state index contributed by atoms with van der Waals surface area (Å²) in [6.45, 7) is 9.47. The van der Waals surface area contributed by atoms with Crippen LogP contribution in [0.15, 0.2) is 4.42 Å². The number of nitrogens with one attached hydrogen (secondary N) is 1. The summed E-state index contributed by atoms with van der Waals surface area (Å²) in [7, 11) is -3.41. The van der Waals surface area contributed by atoms with Crippen molar-refractivity contribution in [3.63, 3.8) is 0 Å². The molecule has 21 heavy (non-hydrogen) atoms. The Morgan fingerprint density at radius 1 is 1.10 bits per heavy atom. The molecule has 1 aliphatic heterocycles. The Morgan fingerprint density at radius 3 is 2.19 bits per heavy atom. The average molecular weight is 317 g/mol. The monoisotopic (exact) mass is 317 g/mol. The zero-order chi connectivity index (χ0) is 15.6. The summed E-state index contributed by atoms with van der Waals surface area (Å²) in [5.41, 5.74) is 0. The molecule has 0 aromatic carbocycles. The second kappa shape index (κ2) is 6.29. The first-order valence-electron chi connectivity index (χ1n) is 7.15. The van der Waals surface area contributed by atoms with E-state index >= 15 is 0 Å². The molecule has 9 heteroatoms. The first-order chi connectivity index (χ1) is 9.79. The molecule has 0 atom stereocenters. The molecule has 1 fully saturated rings. The van der Waals surface area contributed by atoms with Crippen LogP contribution < -0.4 is 9.62 Å². The van der Waals surface area contributed by atoms with Crippen molar-refractivity contribution in [2.45, 2.75) is 39.7 Å². The average Bonchev–Trinajstić information content (AvgIpc) is 2.87. The summed E-state index contributed by atoms with van der Waals surface area (Å²) in [6, 6.07) is 0.352. The van der Waals surface area contributed by atoms with E-state index < -0.39 is 10.2 Å². The van der Waals surface area contributed by atoms with Crippen molar-refractivity contribution in [3.05, 3.63) is 5.89 Å². The highest BCUT2D eigenvalue weighted by Crippen LogP contribution is 2.20. The summed E-state index contributed by atoms with van der Waals surface area (Å²) in [5, 5.41) is 8.02. The van der Waals surface area contributed by atoms with Crippen LogP contribution >= 0.6 is 0 Å². The van der Waals surface area contributed by atoms with Crippen LogP contribution in [-0.2, 0) is 10.2 Å². The van der Waals surface area contributed by atoms with E-state index in [0.717, 1.165) is 0 Å². The first kappa shape index (κ1) is 16.2. The quantitative estimate of drug-likeness (QED) is 0.853. The third-order valence-electron chi connectivity index (χ3n) is 3.16. The van der Waals surface area contributed by atoms with Crippen LogP contribution in [0.4, 0.5) is 6.01 Å². The van der Waals surface area contributed by atoms with Gasteiger partial charge in [-0.3, -0.25) is 0 Å². The van der Waals surface area contributed by atoms with E-state index in [0.29, 0.717) is 38.1 Å². The van der Waals surface area contributed by atoms with E-state index in [2.05, 4.69) is 14.9 Å². The summed E-state index contributed by atoms with van der Waals surface area (Å²) in [4.78, 5) is 1.92. The molecule has 0 aliphatic carbocycles. The number of hydrogen-bond donors (Lipinski definition) is 1. The molecular weight excluding hydrogens is 294 g/mol. The van der Waals surface area contributed by atoms with Gasteiger partial charge in [0.2, 0.25) is 5.89 Å². The fourth-order valence-electron chi connectivity index (χ4n) is 2.08. The van der Waals surface area contributed by atoms with Crippen LogP contribution in [-0.4, -0.2) is 55.1 Å². The van der Waals surface area contributed by atoms with Gasteiger partial charge < -0.3 is 9.32 Å². The topological polar surface area (TPSA) is 91.6 Å². The molecule has 1 N–H and O–H groups in total. The minimum atomic E-state index is -3.41. The fraction of sp³-hybridized carbons (Fsp3) is 0.833. The molecule has 1 saturated heterocycles. The van der Waals surface area contributed by atoms with Gasteiger partial charge in [0.15, 0.2) is 0 Å². The Balaban J connectivity index is 1.96. The van der Waals surface area contributed by atoms with Gasteiger partial charge in [-0.15, -0.1) is 5.10 Å². The smallest absolute Gasteiger partial charge is 0.318 e. The molecule has 0 amide bonds. The maximum absolute atomic E-state index is 12.1. The zero-order valence-corrected chi connectivity index (χ0v) is 13.7. The van der Waals surface area contributed by atoms with Crippen LogP contribution in [0, 0.1) is 0 Å². The Hall–Kier alpha value is -1.19. The highest BCUT2D eigenvalue weighted by Gasteiger charge is 2.29. The molecule has 1 aromatic rings. The summed E-state index contributed by atoms with van der Waals surface area (Å²) in [5.74, 6) is 0.782. The summed E-state index contributed by atoms with van der Waals surface area (Å²) >= 11 is 0. The molecule has 1 aromatic heterocycles. The minimum absolute atomic E-state index is 0.113. The Bertz CT molecular complexity index is 561. The molecule has 8 nitrogen and oxygen atoms in total.